The van der Waals surface area contributed by atoms with Gasteiger partial charge < -0.3 is 19.7 Å². The number of alkyl halides is 3. The quantitative estimate of drug-likeness (QED) is 0.225. The molecule has 1 aromatic rings. The minimum absolute atomic E-state index is 0.0481. The lowest BCUT2D eigenvalue weighted by molar-refractivity contribution is -0.156. The Hall–Kier alpha value is -2.41. The van der Waals surface area contributed by atoms with Crippen molar-refractivity contribution in [2.45, 2.75) is 64.4 Å². The number of rotatable bonds is 10. The van der Waals surface area contributed by atoms with Crippen LogP contribution < -0.4 is 10.9 Å². The van der Waals surface area contributed by atoms with E-state index in [2.05, 4.69) is 34.8 Å². The molecular weight excluding hydrogens is 473 g/mol. The van der Waals surface area contributed by atoms with Crippen LogP contribution in [0.4, 0.5) is 18.9 Å². The third-order valence-electron chi connectivity index (χ3n) is 5.45. The lowest BCUT2D eigenvalue weighted by Gasteiger charge is -2.33. The summed E-state index contributed by atoms with van der Waals surface area (Å²) in [5.41, 5.74) is -3.16. The Balaban J connectivity index is 2.13. The van der Waals surface area contributed by atoms with Crippen LogP contribution in [0.15, 0.2) is 11.0 Å². The van der Waals surface area contributed by atoms with E-state index in [0.717, 1.165) is 12.2 Å². The van der Waals surface area contributed by atoms with Crippen LogP contribution >= 0.6 is 0 Å². The Morgan fingerprint density at radius 3 is 2.59 bits per heavy atom. The molecule has 2 rings (SSSR count). The summed E-state index contributed by atoms with van der Waals surface area (Å²) in [7, 11) is -0.192. The standard InChI is InChI=1S/C21H33F3N4O5Si/c1-14(12-27-8-6-7-15(18(27)29)20(31)32-2)26-16-11-25-28(13-33-9-10-34(3,4)5)19(30)17(16)21(22,23)24/h11,14-15,26H,6-10,12-13H2,1-5H3/t14-,15?/m0/s1. The van der Waals surface area contributed by atoms with Crippen LogP contribution in [0.25, 0.3) is 0 Å². The normalized spacial score (nSPS) is 18.1. The van der Waals surface area contributed by atoms with Crippen molar-refractivity contribution in [2.75, 3.05) is 32.1 Å². The van der Waals surface area contributed by atoms with E-state index in [1.54, 1.807) is 6.92 Å². The van der Waals surface area contributed by atoms with Crippen molar-refractivity contribution >= 4 is 25.6 Å². The van der Waals surface area contributed by atoms with E-state index < -0.39 is 54.9 Å². The number of amides is 1. The number of ether oxygens (including phenoxy) is 2. The van der Waals surface area contributed by atoms with E-state index in [1.165, 1.54) is 12.0 Å². The molecule has 34 heavy (non-hydrogen) atoms. The first-order valence-corrected chi connectivity index (χ1v) is 14.8. The lowest BCUT2D eigenvalue weighted by atomic mass is 9.97. The van der Waals surface area contributed by atoms with Gasteiger partial charge in [0.25, 0.3) is 5.56 Å². The second-order valence-corrected chi connectivity index (χ2v) is 15.3. The molecule has 1 N–H and O–H groups in total. The van der Waals surface area contributed by atoms with Crippen LogP contribution in [0.1, 0.15) is 25.3 Å². The van der Waals surface area contributed by atoms with Crippen molar-refractivity contribution in [1.82, 2.24) is 14.7 Å². The maximum Gasteiger partial charge on any atom is 0.423 e. The van der Waals surface area contributed by atoms with E-state index in [4.69, 9.17) is 4.74 Å². The maximum atomic E-state index is 13.8. The van der Waals surface area contributed by atoms with Crippen molar-refractivity contribution < 1.29 is 32.2 Å². The summed E-state index contributed by atoms with van der Waals surface area (Å²) in [6, 6.07) is 0.156. The van der Waals surface area contributed by atoms with Crippen LogP contribution in [0.5, 0.6) is 0 Å². The molecule has 9 nitrogen and oxygen atoms in total. The minimum atomic E-state index is -4.92. The van der Waals surface area contributed by atoms with Gasteiger partial charge in [0.2, 0.25) is 5.91 Å². The molecule has 0 bridgehead atoms. The summed E-state index contributed by atoms with van der Waals surface area (Å²) in [5, 5.41) is 6.49. The fraction of sp³-hybridized carbons (Fsp3) is 0.714. The van der Waals surface area contributed by atoms with Crippen LogP contribution in [0.3, 0.4) is 0 Å². The molecular formula is C21H33F3N4O5Si. The SMILES string of the molecule is COC(=O)C1CCCN(C[C@H](C)Nc2cnn(COCC[Si](C)(C)C)c(=O)c2C(F)(F)F)C1=O. The molecule has 0 radical (unpaired) electrons. The van der Waals surface area contributed by atoms with Crippen molar-refractivity contribution in [1.29, 1.82) is 0 Å². The molecule has 1 aromatic heterocycles. The third kappa shape index (κ3) is 7.55. The Morgan fingerprint density at radius 2 is 2.00 bits per heavy atom. The van der Waals surface area contributed by atoms with Gasteiger partial charge in [-0.05, 0) is 25.8 Å². The summed E-state index contributed by atoms with van der Waals surface area (Å²) in [5.74, 6) is -1.97. The maximum absolute atomic E-state index is 13.8. The lowest BCUT2D eigenvalue weighted by Crippen LogP contribution is -2.48. The molecule has 13 heteroatoms. The number of nitrogens with one attached hydrogen (secondary N) is 1. The van der Waals surface area contributed by atoms with E-state index in [1.807, 2.05) is 0 Å². The minimum Gasteiger partial charge on any atom is -0.468 e. The molecule has 0 spiro atoms. The summed E-state index contributed by atoms with van der Waals surface area (Å²) >= 11 is 0. The largest absolute Gasteiger partial charge is 0.468 e. The molecule has 2 atom stereocenters. The number of hydrogen-bond acceptors (Lipinski definition) is 7. The van der Waals surface area contributed by atoms with E-state index >= 15 is 0 Å². The highest BCUT2D eigenvalue weighted by molar-refractivity contribution is 6.76. The summed E-state index contributed by atoms with van der Waals surface area (Å²) < 4.78 is 51.9. The number of hydrogen-bond donors (Lipinski definition) is 1. The average Bonchev–Trinajstić information content (AvgIpc) is 2.71. The topological polar surface area (TPSA) is 103 Å². The van der Waals surface area contributed by atoms with Crippen LogP contribution in [-0.2, 0) is 32.0 Å². The molecule has 1 amide bonds. The Morgan fingerprint density at radius 1 is 1.32 bits per heavy atom. The van der Waals surface area contributed by atoms with Crippen molar-refractivity contribution in [3.63, 3.8) is 0 Å². The van der Waals surface area contributed by atoms with Gasteiger partial charge in [0.15, 0.2) is 0 Å². The number of aromatic nitrogens is 2. The van der Waals surface area contributed by atoms with Crippen LogP contribution in [0, 0.1) is 5.92 Å². The second kappa shape index (κ2) is 11.3. The highest BCUT2D eigenvalue weighted by Crippen LogP contribution is 2.32. The first-order valence-electron chi connectivity index (χ1n) is 11.1. The van der Waals surface area contributed by atoms with Gasteiger partial charge in [-0.25, -0.2) is 4.68 Å². The predicted octanol–water partition coefficient (Wildman–Crippen LogP) is 2.79. The summed E-state index contributed by atoms with van der Waals surface area (Å²) in [4.78, 5) is 38.3. The van der Waals surface area contributed by atoms with Crippen molar-refractivity contribution in [3.05, 3.63) is 22.1 Å². The number of methoxy groups -OCH3 is 1. The number of likely N-dealkylation sites (tertiary alicyclic amines) is 1. The zero-order chi connectivity index (χ0) is 25.7. The molecule has 192 valence electrons. The number of nitrogens with zero attached hydrogens (tertiary/aromatic N) is 3. The molecule has 0 aromatic carbocycles. The van der Waals surface area contributed by atoms with Crippen molar-refractivity contribution in [2.24, 2.45) is 5.92 Å². The van der Waals surface area contributed by atoms with Gasteiger partial charge in [-0.15, -0.1) is 0 Å². The second-order valence-electron chi connectivity index (χ2n) is 9.63. The number of carbonyl (C=O) groups is 2. The first kappa shape index (κ1) is 27.8. The number of anilines is 1. The molecule has 0 saturated carbocycles. The highest BCUT2D eigenvalue weighted by Gasteiger charge is 2.39. The average molecular weight is 507 g/mol. The van der Waals surface area contributed by atoms with Gasteiger partial charge in [0.1, 0.15) is 18.2 Å². The first-order chi connectivity index (χ1) is 15.7. The molecule has 1 aliphatic heterocycles. The Labute approximate surface area is 197 Å². The molecule has 1 unspecified atom stereocenters. The van der Waals surface area contributed by atoms with Gasteiger partial charge in [-0.1, -0.05) is 19.6 Å². The zero-order valence-corrected chi connectivity index (χ0v) is 21.2. The van der Waals surface area contributed by atoms with E-state index in [-0.39, 0.29) is 13.3 Å². The van der Waals surface area contributed by atoms with Gasteiger partial charge in [-0.2, -0.15) is 18.3 Å². The third-order valence-corrected chi connectivity index (χ3v) is 7.15. The molecule has 0 aliphatic carbocycles. The molecule has 1 aliphatic rings. The number of piperidine rings is 1. The van der Waals surface area contributed by atoms with Crippen LogP contribution in [0.2, 0.25) is 25.7 Å². The van der Waals surface area contributed by atoms with Gasteiger partial charge in [0.05, 0.1) is 19.0 Å². The Bertz CT molecular complexity index is 932. The smallest absolute Gasteiger partial charge is 0.423 e. The highest BCUT2D eigenvalue weighted by atomic mass is 28.3. The van der Waals surface area contributed by atoms with Gasteiger partial charge in [-0.3, -0.25) is 14.4 Å². The van der Waals surface area contributed by atoms with E-state index in [9.17, 15) is 27.6 Å². The summed E-state index contributed by atoms with van der Waals surface area (Å²) in [6.45, 7) is 8.37. The van der Waals surface area contributed by atoms with Gasteiger partial charge >= 0.3 is 12.1 Å². The molecule has 1 fully saturated rings. The summed E-state index contributed by atoms with van der Waals surface area (Å²) in [6.07, 6.45) is -3.04. The van der Waals surface area contributed by atoms with Gasteiger partial charge in [0, 0.05) is 33.8 Å². The number of esters is 1. The molecule has 2 heterocycles. The van der Waals surface area contributed by atoms with Crippen LogP contribution in [-0.4, -0.2) is 67.5 Å². The number of carbonyl (C=O) groups excluding carboxylic acids is 2. The zero-order valence-electron chi connectivity index (χ0n) is 20.2. The Kier molecular flexibility index (Phi) is 9.28. The molecule has 1 saturated heterocycles. The fourth-order valence-electron chi connectivity index (χ4n) is 3.62. The monoisotopic (exact) mass is 506 g/mol. The van der Waals surface area contributed by atoms with Crippen molar-refractivity contribution in [3.8, 4) is 0 Å². The number of halogens is 3. The van der Waals surface area contributed by atoms with E-state index in [0.29, 0.717) is 30.7 Å². The fourth-order valence-corrected chi connectivity index (χ4v) is 4.37. The predicted molar refractivity (Wildman–Crippen MR) is 122 cm³/mol.